The fraction of sp³-hybridized carbons (Fsp3) is 0.909. The van der Waals surface area contributed by atoms with E-state index in [0.717, 1.165) is 19.3 Å². The summed E-state index contributed by atoms with van der Waals surface area (Å²) >= 11 is 0. The monoisotopic (exact) mass is 368 g/mol. The second-order valence-electron chi connectivity index (χ2n) is 8.53. The molecule has 0 fully saturated rings. The molecule has 0 aliphatic carbocycles. The van der Waals surface area contributed by atoms with Gasteiger partial charge in [0.1, 0.15) is 6.10 Å². The van der Waals surface area contributed by atoms with Crippen LogP contribution in [0.4, 0.5) is 0 Å². The Morgan fingerprint density at radius 1 is 0.880 bits per heavy atom. The molecule has 0 aromatic heterocycles. The van der Waals surface area contributed by atoms with Crippen LogP contribution in [0.3, 0.4) is 0 Å². The van der Waals surface area contributed by atoms with Crippen LogP contribution < -0.4 is 0 Å². The average molecular weight is 369 g/mol. The highest BCUT2D eigenvalue weighted by Crippen LogP contribution is 2.43. The molecule has 2 nitrogen and oxygen atoms in total. The molecule has 0 saturated heterocycles. The number of ether oxygens (including phenoxy) is 1. The van der Waals surface area contributed by atoms with Crippen molar-refractivity contribution in [1.82, 2.24) is 0 Å². The van der Waals surface area contributed by atoms with E-state index in [9.17, 15) is 0 Å². The maximum atomic E-state index is 6.75. The number of unbranched alkanes of at least 4 members (excludes halogenated alkanes) is 1. The van der Waals surface area contributed by atoms with Gasteiger partial charge in [0.15, 0.2) is 0 Å². The molecule has 0 amide bonds. The average Bonchev–Trinajstić information content (AvgIpc) is 2.54. The van der Waals surface area contributed by atoms with Crippen LogP contribution in [-0.4, -0.2) is 27.6 Å². The molecule has 0 spiro atoms. The van der Waals surface area contributed by atoms with Crippen LogP contribution in [-0.2, 0) is 9.16 Å². The van der Waals surface area contributed by atoms with Crippen LogP contribution in [0.5, 0.6) is 0 Å². The lowest BCUT2D eigenvalue weighted by Gasteiger charge is -2.43. The molecule has 0 aliphatic rings. The summed E-state index contributed by atoms with van der Waals surface area (Å²) in [5.41, 5.74) is 1.74. The van der Waals surface area contributed by atoms with Crippen molar-refractivity contribution in [3.8, 4) is 12.3 Å². The van der Waals surface area contributed by atoms with Crippen molar-refractivity contribution in [3.05, 3.63) is 0 Å². The van der Waals surface area contributed by atoms with E-state index in [2.05, 4.69) is 61.3 Å². The van der Waals surface area contributed by atoms with Gasteiger partial charge < -0.3 is 9.16 Å². The lowest BCUT2D eigenvalue weighted by atomic mass is 9.95. The summed E-state index contributed by atoms with van der Waals surface area (Å²) in [4.78, 5) is 0. The van der Waals surface area contributed by atoms with Gasteiger partial charge in [0.25, 0.3) is 0 Å². The van der Waals surface area contributed by atoms with E-state index in [1.54, 1.807) is 0 Å². The van der Waals surface area contributed by atoms with Gasteiger partial charge in [-0.1, -0.05) is 67.7 Å². The van der Waals surface area contributed by atoms with Gasteiger partial charge in [0.05, 0.1) is 6.10 Å². The largest absolute Gasteiger partial charge is 0.403 e. The first kappa shape index (κ1) is 24.7. The number of hydrogen-bond donors (Lipinski definition) is 0. The highest BCUT2D eigenvalue weighted by Gasteiger charge is 2.46. The Morgan fingerprint density at radius 3 is 1.72 bits per heavy atom. The van der Waals surface area contributed by atoms with E-state index < -0.39 is 8.32 Å². The minimum absolute atomic E-state index is 0.0291. The molecule has 25 heavy (non-hydrogen) atoms. The zero-order chi connectivity index (χ0) is 19.6. The van der Waals surface area contributed by atoms with Crippen molar-refractivity contribution in [1.29, 1.82) is 0 Å². The first-order chi connectivity index (χ1) is 11.7. The summed E-state index contributed by atoms with van der Waals surface area (Å²) in [6.45, 7) is 18.4. The van der Waals surface area contributed by atoms with Crippen LogP contribution in [0.1, 0.15) is 87.5 Å². The predicted octanol–water partition coefficient (Wildman–Crippen LogP) is 6.80. The van der Waals surface area contributed by atoms with Crippen molar-refractivity contribution >= 4 is 8.32 Å². The third kappa shape index (κ3) is 7.08. The Hall–Kier alpha value is -0.303. The fourth-order valence-corrected chi connectivity index (χ4v) is 10.1. The number of rotatable bonds is 13. The van der Waals surface area contributed by atoms with E-state index >= 15 is 0 Å². The first-order valence-corrected chi connectivity index (χ1v) is 12.5. The molecule has 0 rings (SSSR count). The first-order valence-electron chi connectivity index (χ1n) is 10.3. The molecule has 3 atom stereocenters. The summed E-state index contributed by atoms with van der Waals surface area (Å²) in [5, 5.41) is 0. The summed E-state index contributed by atoms with van der Waals surface area (Å²) < 4.78 is 12.3. The van der Waals surface area contributed by atoms with Crippen molar-refractivity contribution in [2.75, 3.05) is 7.11 Å². The van der Waals surface area contributed by atoms with Crippen LogP contribution in [0.2, 0.25) is 16.6 Å². The SMILES string of the molecule is C#C[C@@H](CCCC[C@H](C)[C@@H](CC)OC)O[Si](C(C)C)(C(C)C)C(C)C. The normalized spacial score (nSPS) is 16.3. The summed E-state index contributed by atoms with van der Waals surface area (Å²) in [5.74, 6) is 3.55. The quantitative estimate of drug-likeness (QED) is 0.202. The minimum atomic E-state index is -1.89. The lowest BCUT2D eigenvalue weighted by molar-refractivity contribution is 0.0513. The summed E-state index contributed by atoms with van der Waals surface area (Å²) in [7, 11) is -0.0653. The second-order valence-corrected chi connectivity index (χ2v) is 13.9. The molecule has 148 valence electrons. The van der Waals surface area contributed by atoms with E-state index in [4.69, 9.17) is 15.6 Å². The highest BCUT2D eigenvalue weighted by atomic mass is 28.4. The molecule has 0 radical (unpaired) electrons. The molecule has 0 unspecified atom stereocenters. The smallest absolute Gasteiger partial charge is 0.202 e. The van der Waals surface area contributed by atoms with Crippen LogP contribution in [0, 0.1) is 18.3 Å². The lowest BCUT2D eigenvalue weighted by Crippen LogP contribution is -2.50. The van der Waals surface area contributed by atoms with Gasteiger partial charge in [-0.25, -0.2) is 0 Å². The van der Waals surface area contributed by atoms with Gasteiger partial charge >= 0.3 is 0 Å². The molecule has 0 saturated carbocycles. The maximum absolute atomic E-state index is 6.75. The zero-order valence-corrected chi connectivity index (χ0v) is 19.4. The molecular formula is C22H44O2Si. The van der Waals surface area contributed by atoms with E-state index in [-0.39, 0.29) is 6.10 Å². The van der Waals surface area contributed by atoms with Gasteiger partial charge in [-0.05, 0) is 48.2 Å². The summed E-state index contributed by atoms with van der Waals surface area (Å²) in [6, 6.07) is 0. The van der Waals surface area contributed by atoms with Crippen LogP contribution in [0.25, 0.3) is 0 Å². The predicted molar refractivity (Wildman–Crippen MR) is 113 cm³/mol. The van der Waals surface area contributed by atoms with E-state index in [1.165, 1.54) is 12.8 Å². The molecule has 0 bridgehead atoms. The molecule has 0 aromatic carbocycles. The van der Waals surface area contributed by atoms with Crippen molar-refractivity contribution in [2.45, 2.75) is 116 Å². The van der Waals surface area contributed by atoms with Gasteiger partial charge in [0.2, 0.25) is 8.32 Å². The maximum Gasteiger partial charge on any atom is 0.202 e. The van der Waals surface area contributed by atoms with Gasteiger partial charge in [0, 0.05) is 7.11 Å². The summed E-state index contributed by atoms with van der Waals surface area (Å²) in [6.07, 6.45) is 11.8. The zero-order valence-electron chi connectivity index (χ0n) is 18.4. The van der Waals surface area contributed by atoms with Gasteiger partial charge in [-0.15, -0.1) is 6.42 Å². The van der Waals surface area contributed by atoms with Crippen molar-refractivity contribution in [2.24, 2.45) is 5.92 Å². The molecule has 0 aromatic rings. The number of terminal acetylenes is 1. The molecular weight excluding hydrogens is 324 g/mol. The van der Waals surface area contributed by atoms with Crippen LogP contribution in [0.15, 0.2) is 0 Å². The molecule has 0 N–H and O–H groups in total. The molecule has 0 heterocycles. The molecule has 3 heteroatoms. The fourth-order valence-electron chi connectivity index (χ4n) is 4.61. The second kappa shape index (κ2) is 12.2. The van der Waals surface area contributed by atoms with E-state index in [1.807, 2.05) is 7.11 Å². The number of hydrogen-bond acceptors (Lipinski definition) is 2. The highest BCUT2D eigenvalue weighted by molar-refractivity contribution is 6.77. The Morgan fingerprint density at radius 2 is 1.36 bits per heavy atom. The third-order valence-electron chi connectivity index (χ3n) is 5.95. The Kier molecular flexibility index (Phi) is 12.0. The third-order valence-corrected chi connectivity index (χ3v) is 12.1. The Balaban J connectivity index is 4.67. The Bertz CT molecular complexity index is 358. The Labute approximate surface area is 159 Å². The van der Waals surface area contributed by atoms with Crippen molar-refractivity contribution in [3.63, 3.8) is 0 Å². The molecule has 0 aliphatic heterocycles. The standard InChI is InChI=1S/C22H44O2Si/c1-11-21(16-14-13-15-20(9)22(12-2)23-10)24-25(17(3)4,18(5)6)19(7)8/h1,17-22H,12-16H2,2-10H3/t20-,21-,22+/m0/s1. The van der Waals surface area contributed by atoms with Crippen molar-refractivity contribution < 1.29 is 9.16 Å². The van der Waals surface area contributed by atoms with Crippen LogP contribution >= 0.6 is 0 Å². The van der Waals surface area contributed by atoms with E-state index in [0.29, 0.717) is 28.6 Å². The number of methoxy groups -OCH3 is 1. The van der Waals surface area contributed by atoms with Gasteiger partial charge in [-0.2, -0.15) is 0 Å². The minimum Gasteiger partial charge on any atom is -0.403 e. The van der Waals surface area contributed by atoms with Gasteiger partial charge in [-0.3, -0.25) is 0 Å². The topological polar surface area (TPSA) is 18.5 Å².